The number of hydrogen-bond acceptors (Lipinski definition) is 3. The van der Waals surface area contributed by atoms with Gasteiger partial charge in [-0.05, 0) is 30.3 Å². The van der Waals surface area contributed by atoms with Gasteiger partial charge in [-0.1, -0.05) is 15.9 Å². The zero-order valence-corrected chi connectivity index (χ0v) is 9.32. The number of anilines is 1. The standard InChI is InChI=1S/C11H8BrNO2/c12-7-3-4-8(9(13)6-7)11(14)10-2-1-5-15-10/h1-6H,13H2. The molecule has 1 aromatic heterocycles. The van der Waals surface area contributed by atoms with Crippen LogP contribution in [0.15, 0.2) is 45.5 Å². The smallest absolute Gasteiger partial charge is 0.230 e. The third-order valence-corrected chi connectivity index (χ3v) is 2.50. The summed E-state index contributed by atoms with van der Waals surface area (Å²) in [6.45, 7) is 0. The molecule has 2 N–H and O–H groups in total. The molecule has 0 unspecified atom stereocenters. The molecule has 0 amide bonds. The summed E-state index contributed by atoms with van der Waals surface area (Å²) >= 11 is 3.28. The van der Waals surface area contributed by atoms with Crippen molar-refractivity contribution in [3.63, 3.8) is 0 Å². The Hall–Kier alpha value is -1.55. The average molecular weight is 266 g/mol. The van der Waals surface area contributed by atoms with Gasteiger partial charge in [0.25, 0.3) is 0 Å². The summed E-state index contributed by atoms with van der Waals surface area (Å²) in [7, 11) is 0. The summed E-state index contributed by atoms with van der Waals surface area (Å²) in [4.78, 5) is 11.9. The van der Waals surface area contributed by atoms with E-state index in [1.807, 2.05) is 0 Å². The second-order valence-electron chi connectivity index (χ2n) is 3.04. The molecular formula is C11H8BrNO2. The average Bonchev–Trinajstić information content (AvgIpc) is 2.69. The minimum absolute atomic E-state index is 0.204. The van der Waals surface area contributed by atoms with Crippen LogP contribution in [0.5, 0.6) is 0 Å². The highest BCUT2D eigenvalue weighted by molar-refractivity contribution is 9.10. The maximum atomic E-state index is 11.9. The van der Waals surface area contributed by atoms with Crippen LogP contribution < -0.4 is 5.73 Å². The van der Waals surface area contributed by atoms with E-state index < -0.39 is 0 Å². The van der Waals surface area contributed by atoms with Crippen molar-refractivity contribution in [2.24, 2.45) is 0 Å². The van der Waals surface area contributed by atoms with Crippen molar-refractivity contribution in [2.75, 3.05) is 5.73 Å². The first-order chi connectivity index (χ1) is 7.18. The molecule has 0 fully saturated rings. The highest BCUT2D eigenvalue weighted by Crippen LogP contribution is 2.21. The monoisotopic (exact) mass is 265 g/mol. The summed E-state index contributed by atoms with van der Waals surface area (Å²) in [5, 5.41) is 0. The topological polar surface area (TPSA) is 56.2 Å². The van der Waals surface area contributed by atoms with E-state index in [1.54, 1.807) is 30.3 Å². The lowest BCUT2D eigenvalue weighted by molar-refractivity contribution is 0.101. The molecule has 1 heterocycles. The van der Waals surface area contributed by atoms with E-state index in [1.165, 1.54) is 6.26 Å². The van der Waals surface area contributed by atoms with Gasteiger partial charge in [0, 0.05) is 15.7 Å². The molecular weight excluding hydrogens is 258 g/mol. The van der Waals surface area contributed by atoms with Crippen LogP contribution in [0.25, 0.3) is 0 Å². The van der Waals surface area contributed by atoms with Crippen molar-refractivity contribution >= 4 is 27.4 Å². The van der Waals surface area contributed by atoms with E-state index in [4.69, 9.17) is 10.2 Å². The highest BCUT2D eigenvalue weighted by atomic mass is 79.9. The molecule has 76 valence electrons. The van der Waals surface area contributed by atoms with Crippen molar-refractivity contribution in [2.45, 2.75) is 0 Å². The van der Waals surface area contributed by atoms with Gasteiger partial charge in [0.05, 0.1) is 6.26 Å². The summed E-state index contributed by atoms with van der Waals surface area (Å²) in [5.74, 6) is 0.0917. The Morgan fingerprint density at radius 3 is 2.73 bits per heavy atom. The Bertz CT molecular complexity index is 491. The number of furan rings is 1. The Labute approximate surface area is 95.0 Å². The second kappa shape index (κ2) is 3.90. The molecule has 0 radical (unpaired) electrons. The van der Waals surface area contributed by atoms with Gasteiger partial charge < -0.3 is 10.2 Å². The lowest BCUT2D eigenvalue weighted by Crippen LogP contribution is -2.03. The summed E-state index contributed by atoms with van der Waals surface area (Å²) in [5.41, 5.74) is 6.62. The van der Waals surface area contributed by atoms with Crippen LogP contribution in [0.1, 0.15) is 16.1 Å². The molecule has 0 saturated heterocycles. The zero-order valence-electron chi connectivity index (χ0n) is 7.74. The van der Waals surface area contributed by atoms with Crippen molar-refractivity contribution in [3.8, 4) is 0 Å². The van der Waals surface area contributed by atoms with Crippen molar-refractivity contribution in [1.29, 1.82) is 0 Å². The second-order valence-corrected chi connectivity index (χ2v) is 3.95. The minimum atomic E-state index is -0.204. The Balaban J connectivity index is 2.42. The van der Waals surface area contributed by atoms with Crippen molar-refractivity contribution in [1.82, 2.24) is 0 Å². The first kappa shape index (κ1) is 9.98. The maximum absolute atomic E-state index is 11.9. The van der Waals surface area contributed by atoms with Crippen LogP contribution in [-0.4, -0.2) is 5.78 Å². The number of ketones is 1. The van der Waals surface area contributed by atoms with Crippen LogP contribution in [0.4, 0.5) is 5.69 Å². The molecule has 0 aliphatic rings. The molecule has 0 atom stereocenters. The third-order valence-electron chi connectivity index (χ3n) is 2.00. The number of rotatable bonds is 2. The number of halogens is 1. The number of benzene rings is 1. The van der Waals surface area contributed by atoms with E-state index in [0.717, 1.165) is 4.47 Å². The van der Waals surface area contributed by atoms with Crippen LogP contribution in [0, 0.1) is 0 Å². The molecule has 2 rings (SSSR count). The number of hydrogen-bond donors (Lipinski definition) is 1. The lowest BCUT2D eigenvalue weighted by atomic mass is 10.1. The normalized spacial score (nSPS) is 10.2. The minimum Gasteiger partial charge on any atom is -0.461 e. The lowest BCUT2D eigenvalue weighted by Gasteiger charge is -2.02. The number of nitrogen functional groups attached to an aromatic ring is 1. The predicted molar refractivity (Wildman–Crippen MR) is 60.7 cm³/mol. The van der Waals surface area contributed by atoms with Crippen LogP contribution >= 0.6 is 15.9 Å². The van der Waals surface area contributed by atoms with Crippen LogP contribution in [0.3, 0.4) is 0 Å². The van der Waals surface area contributed by atoms with Crippen molar-refractivity contribution < 1.29 is 9.21 Å². The number of nitrogens with two attached hydrogens (primary N) is 1. The fourth-order valence-corrected chi connectivity index (χ4v) is 1.66. The molecule has 3 nitrogen and oxygen atoms in total. The van der Waals surface area contributed by atoms with Gasteiger partial charge in [0.1, 0.15) is 0 Å². The van der Waals surface area contributed by atoms with Gasteiger partial charge in [0.15, 0.2) is 5.76 Å². The Kier molecular flexibility index (Phi) is 2.60. The predicted octanol–water partition coefficient (Wildman–Crippen LogP) is 2.86. The molecule has 1 aromatic carbocycles. The molecule has 2 aromatic rings. The number of carbonyl (C=O) groups excluding carboxylic acids is 1. The van der Waals surface area contributed by atoms with Gasteiger partial charge in [-0.15, -0.1) is 0 Å². The van der Waals surface area contributed by atoms with Crippen molar-refractivity contribution in [3.05, 3.63) is 52.4 Å². The highest BCUT2D eigenvalue weighted by Gasteiger charge is 2.14. The summed E-state index contributed by atoms with van der Waals surface area (Å²) < 4.78 is 5.86. The largest absolute Gasteiger partial charge is 0.461 e. The molecule has 4 heteroatoms. The van der Waals surface area contributed by atoms with Gasteiger partial charge in [-0.25, -0.2) is 0 Å². The van der Waals surface area contributed by atoms with E-state index in [-0.39, 0.29) is 5.78 Å². The van der Waals surface area contributed by atoms with Crippen LogP contribution in [0.2, 0.25) is 0 Å². The first-order valence-corrected chi connectivity index (χ1v) is 5.11. The summed E-state index contributed by atoms with van der Waals surface area (Å²) in [6, 6.07) is 8.42. The quantitative estimate of drug-likeness (QED) is 0.671. The molecule has 0 saturated carbocycles. The van der Waals surface area contributed by atoms with E-state index in [0.29, 0.717) is 17.0 Å². The van der Waals surface area contributed by atoms with E-state index in [9.17, 15) is 4.79 Å². The fraction of sp³-hybridized carbons (Fsp3) is 0. The molecule has 0 aliphatic carbocycles. The van der Waals surface area contributed by atoms with Gasteiger partial charge in [-0.2, -0.15) is 0 Å². The molecule has 0 bridgehead atoms. The summed E-state index contributed by atoms with van der Waals surface area (Å²) in [6.07, 6.45) is 1.46. The zero-order chi connectivity index (χ0) is 10.8. The fourth-order valence-electron chi connectivity index (χ4n) is 1.28. The third kappa shape index (κ3) is 1.94. The number of carbonyl (C=O) groups is 1. The van der Waals surface area contributed by atoms with Gasteiger partial charge in [-0.3, -0.25) is 4.79 Å². The van der Waals surface area contributed by atoms with Gasteiger partial charge >= 0.3 is 0 Å². The first-order valence-electron chi connectivity index (χ1n) is 4.31. The maximum Gasteiger partial charge on any atom is 0.230 e. The SMILES string of the molecule is Nc1cc(Br)ccc1C(=O)c1ccco1. The molecule has 0 aliphatic heterocycles. The Morgan fingerprint density at radius 2 is 2.13 bits per heavy atom. The van der Waals surface area contributed by atoms with Crippen LogP contribution in [-0.2, 0) is 0 Å². The molecule has 0 spiro atoms. The molecule has 15 heavy (non-hydrogen) atoms. The van der Waals surface area contributed by atoms with E-state index in [2.05, 4.69) is 15.9 Å². The Morgan fingerprint density at radius 1 is 1.33 bits per heavy atom. The van der Waals surface area contributed by atoms with E-state index >= 15 is 0 Å². The van der Waals surface area contributed by atoms with Gasteiger partial charge in [0.2, 0.25) is 5.78 Å².